The lowest BCUT2D eigenvalue weighted by atomic mass is 9.88. The fraction of sp³-hybridized carbons (Fsp3) is 0.429. The molecule has 0 fully saturated rings. The van der Waals surface area contributed by atoms with Crippen LogP contribution in [-0.2, 0) is 25.6 Å². The van der Waals surface area contributed by atoms with Gasteiger partial charge in [-0.3, -0.25) is 29.0 Å². The van der Waals surface area contributed by atoms with Crippen LogP contribution in [0, 0.1) is 16.7 Å². The number of hydrogen-bond donors (Lipinski definition) is 10. The van der Waals surface area contributed by atoms with Crippen molar-refractivity contribution in [1.29, 1.82) is 0 Å². The molecule has 2 aromatic heterocycles. The Bertz CT molecular complexity index is 3640. The highest BCUT2D eigenvalue weighted by Crippen LogP contribution is 2.42. The van der Waals surface area contributed by atoms with E-state index in [0.717, 1.165) is 31.4 Å². The van der Waals surface area contributed by atoms with E-state index in [-0.39, 0.29) is 87.7 Å². The number of H-pyrrole nitrogens is 1. The number of amides is 3. The minimum Gasteiger partial charge on any atom is -0.508 e. The first-order valence-electron chi connectivity index (χ1n) is 28.8. The monoisotopic (exact) mass is 1200 g/mol. The zero-order chi connectivity index (χ0) is 62.3. The van der Waals surface area contributed by atoms with Gasteiger partial charge in [-0.25, -0.2) is 14.8 Å². The number of aromatic carboxylic acids is 1. The third kappa shape index (κ3) is 18.7. The summed E-state index contributed by atoms with van der Waals surface area (Å²) in [6.45, 7) is 19.2. The number of aromatic amines is 1. The van der Waals surface area contributed by atoms with Crippen molar-refractivity contribution in [3.05, 3.63) is 122 Å². The van der Waals surface area contributed by atoms with Crippen LogP contribution in [0.2, 0.25) is 0 Å². The standard InChI is InChI=1S/C63H79N11O11S/c1-37(22-27-66-60(86)72-41-15-18-45(48(30-41)57(80)81)52-46-19-16-43(75)31-49(46)85-50-32-44(76)17-20-47(50)52)35-83-28-25-62(5,6)58(82)65-26-9-23-63(7,8)84-29-24-61(3,4)36-69-51(77)21-10-38(2)70-55(78)39-11-13-40(14-12-39)67-33-42-34-68-54-53(71-42)56(79)74-59(64)73-54/h11-20,30-32,34,37-38,67,75H,9-10,21-29,33,35-36H2,1-8H3,(H,65,82)(H,69,77)(H,70,78)(H,80,81)(H2,66,72,86)(H3,64,68,73,74,79). The molecule has 2 unspecified atom stereocenters. The smallest absolute Gasteiger partial charge is 0.336 e. The number of hydrogen-bond acceptors (Lipinski definition) is 16. The van der Waals surface area contributed by atoms with Gasteiger partial charge in [0.1, 0.15) is 17.1 Å². The van der Waals surface area contributed by atoms with Gasteiger partial charge >= 0.3 is 5.97 Å². The Morgan fingerprint density at radius 1 is 0.826 bits per heavy atom. The Morgan fingerprint density at radius 2 is 1.57 bits per heavy atom. The van der Waals surface area contributed by atoms with Gasteiger partial charge < -0.3 is 61.7 Å². The lowest BCUT2D eigenvalue weighted by molar-refractivity contribution is -0.130. The number of carbonyl (C=O) groups is 4. The van der Waals surface area contributed by atoms with Crippen LogP contribution in [0.3, 0.4) is 0 Å². The number of ether oxygens (including phenoxy) is 2. The molecular weight excluding hydrogens is 1120 g/mol. The topological polar surface area (TPSA) is 327 Å². The SMILES string of the molecule is CC(CCNC(=S)Nc1ccc(-c2c3ccc(=O)cc-3oc3cc(O)ccc23)c(C(=O)O)c1)COCCC(C)(C)C(=O)NCCCC(C)(C)OCCC(C)(C)CNC(=O)CCC(C)NC(=O)c1ccc(NCc2cnc3nc(N)[nH]c(=O)c3n2)cc1. The van der Waals surface area contributed by atoms with Crippen molar-refractivity contribution < 1.29 is 43.3 Å². The second-order valence-electron chi connectivity index (χ2n) is 23.9. The Labute approximate surface area is 504 Å². The van der Waals surface area contributed by atoms with E-state index < -0.39 is 22.5 Å². The van der Waals surface area contributed by atoms with Gasteiger partial charge in [0.25, 0.3) is 11.5 Å². The van der Waals surface area contributed by atoms with Crippen LogP contribution in [0.5, 0.6) is 5.75 Å². The molecule has 1 aliphatic carbocycles. The summed E-state index contributed by atoms with van der Waals surface area (Å²) in [5, 5.41) is 39.9. The summed E-state index contributed by atoms with van der Waals surface area (Å²) >= 11 is 5.55. The molecule has 23 heteroatoms. The average Bonchev–Trinajstić information content (AvgIpc) is 0.791. The molecule has 3 heterocycles. The molecule has 0 bridgehead atoms. The van der Waals surface area contributed by atoms with Crippen molar-refractivity contribution >= 4 is 80.5 Å². The number of nitrogen functional groups attached to an aromatic ring is 1. The number of phenols is 1. The summed E-state index contributed by atoms with van der Waals surface area (Å²) in [5.41, 5.74) is 7.80. The summed E-state index contributed by atoms with van der Waals surface area (Å²) in [6, 6.07) is 20.5. The molecule has 0 saturated heterocycles. The van der Waals surface area contributed by atoms with Crippen molar-refractivity contribution in [3.8, 4) is 28.2 Å². The van der Waals surface area contributed by atoms with Gasteiger partial charge in [0.15, 0.2) is 21.7 Å². The summed E-state index contributed by atoms with van der Waals surface area (Å²) in [4.78, 5) is 91.0. The Morgan fingerprint density at radius 3 is 2.33 bits per heavy atom. The van der Waals surface area contributed by atoms with Crippen molar-refractivity contribution in [1.82, 2.24) is 41.2 Å². The molecular formula is C63H79N11O11S. The van der Waals surface area contributed by atoms with Gasteiger partial charge in [0.2, 0.25) is 17.8 Å². The maximum atomic E-state index is 13.2. The van der Waals surface area contributed by atoms with Gasteiger partial charge in [-0.15, -0.1) is 0 Å². The number of anilines is 3. The van der Waals surface area contributed by atoms with Crippen molar-refractivity contribution in [2.45, 2.75) is 119 Å². The molecule has 11 N–H and O–H groups in total. The van der Waals surface area contributed by atoms with E-state index in [4.69, 9.17) is 31.8 Å². The van der Waals surface area contributed by atoms with Crippen LogP contribution in [0.1, 0.15) is 127 Å². The van der Waals surface area contributed by atoms with E-state index in [9.17, 15) is 39.0 Å². The van der Waals surface area contributed by atoms with Crippen molar-refractivity contribution in [2.24, 2.45) is 16.7 Å². The maximum Gasteiger partial charge on any atom is 0.336 e. The van der Waals surface area contributed by atoms with Gasteiger partial charge in [0, 0.05) is 103 Å². The fourth-order valence-electron chi connectivity index (χ4n) is 9.44. The molecule has 3 aromatic carbocycles. The second-order valence-corrected chi connectivity index (χ2v) is 24.3. The van der Waals surface area contributed by atoms with Gasteiger partial charge in [-0.2, -0.15) is 4.98 Å². The molecule has 2 aliphatic rings. The largest absolute Gasteiger partial charge is 0.508 e. The molecule has 2 atom stereocenters. The van der Waals surface area contributed by atoms with Crippen LogP contribution < -0.4 is 48.6 Å². The number of aromatic nitrogens is 4. The van der Waals surface area contributed by atoms with E-state index in [2.05, 4.69) is 72.6 Å². The maximum absolute atomic E-state index is 13.2. The number of fused-ring (bicyclic) bond motifs is 3. The lowest BCUT2D eigenvalue weighted by Crippen LogP contribution is -2.39. The molecule has 0 saturated carbocycles. The molecule has 5 aromatic rings. The quantitative estimate of drug-likeness (QED) is 0.0114. The molecule has 1 aliphatic heterocycles. The average molecular weight is 1200 g/mol. The van der Waals surface area contributed by atoms with E-state index in [1.54, 1.807) is 48.5 Å². The van der Waals surface area contributed by atoms with E-state index in [0.29, 0.717) is 102 Å². The Balaban J connectivity index is 0.716. The molecule has 22 nitrogen and oxygen atoms in total. The molecule has 0 radical (unpaired) electrons. The minimum absolute atomic E-state index is 0.000936. The number of phenolic OH excluding ortho intramolecular Hbond substituents is 1. The number of aromatic hydroxyl groups is 1. The van der Waals surface area contributed by atoms with Crippen molar-refractivity contribution in [3.63, 3.8) is 0 Å². The number of carboxylic acids is 1. The minimum atomic E-state index is -1.16. The number of nitrogens with two attached hydrogens (primary N) is 1. The fourth-order valence-corrected chi connectivity index (χ4v) is 9.66. The number of nitrogens with zero attached hydrogens (tertiary/aromatic N) is 3. The molecule has 86 heavy (non-hydrogen) atoms. The summed E-state index contributed by atoms with van der Waals surface area (Å²) in [6.07, 6.45) is 5.71. The normalized spacial score (nSPS) is 12.6. The van der Waals surface area contributed by atoms with Crippen LogP contribution in [0.15, 0.2) is 99.1 Å². The highest BCUT2D eigenvalue weighted by atomic mass is 32.1. The third-order valence-electron chi connectivity index (χ3n) is 14.8. The van der Waals surface area contributed by atoms with Crippen LogP contribution >= 0.6 is 12.2 Å². The summed E-state index contributed by atoms with van der Waals surface area (Å²) in [5.74, 6) is -1.18. The first-order chi connectivity index (χ1) is 40.7. The highest BCUT2D eigenvalue weighted by Gasteiger charge is 2.29. The molecule has 7 rings (SSSR count). The van der Waals surface area contributed by atoms with Crippen LogP contribution in [0.4, 0.5) is 17.3 Å². The first kappa shape index (κ1) is 65.0. The third-order valence-corrected chi connectivity index (χ3v) is 15.1. The highest BCUT2D eigenvalue weighted by molar-refractivity contribution is 7.80. The number of nitrogens with one attached hydrogen (secondary N) is 7. The molecule has 0 spiro atoms. The summed E-state index contributed by atoms with van der Waals surface area (Å²) in [7, 11) is 0. The van der Waals surface area contributed by atoms with Crippen LogP contribution in [0.25, 0.3) is 44.6 Å². The molecule has 3 amide bonds. The number of carboxylic acid groups (broad SMARTS) is 1. The van der Waals surface area contributed by atoms with E-state index in [1.165, 1.54) is 36.5 Å². The zero-order valence-electron chi connectivity index (χ0n) is 50.0. The Hall–Kier alpha value is -8.54. The second kappa shape index (κ2) is 29.0. The molecule has 458 valence electrons. The predicted molar refractivity (Wildman–Crippen MR) is 336 cm³/mol. The number of rotatable bonds is 30. The summed E-state index contributed by atoms with van der Waals surface area (Å²) < 4.78 is 18.2. The number of thiocarbonyl (C=S) groups is 1. The van der Waals surface area contributed by atoms with Gasteiger partial charge in [0.05, 0.1) is 29.6 Å². The zero-order valence-corrected chi connectivity index (χ0v) is 50.8. The number of benzene rings is 4. The lowest BCUT2D eigenvalue weighted by Gasteiger charge is -2.30. The van der Waals surface area contributed by atoms with Crippen molar-refractivity contribution in [2.75, 3.05) is 55.8 Å². The Kier molecular flexibility index (Phi) is 21.9. The van der Waals surface area contributed by atoms with Crippen LogP contribution in [-0.4, -0.2) is 110 Å². The van der Waals surface area contributed by atoms with E-state index in [1.807, 2.05) is 34.6 Å². The first-order valence-corrected chi connectivity index (χ1v) is 29.2. The van der Waals surface area contributed by atoms with Gasteiger partial charge in [-0.1, -0.05) is 40.7 Å². The predicted octanol–water partition coefficient (Wildman–Crippen LogP) is 8.76. The van der Waals surface area contributed by atoms with E-state index >= 15 is 0 Å². The number of carbonyl (C=O) groups excluding carboxylic acids is 3. The van der Waals surface area contributed by atoms with Gasteiger partial charge in [-0.05, 0) is 149 Å².